The van der Waals surface area contributed by atoms with E-state index in [1.165, 1.54) is 6.07 Å². The number of hydrogen-bond acceptors (Lipinski definition) is 4. The molecule has 1 fully saturated rings. The Morgan fingerprint density at radius 3 is 2.57 bits per heavy atom. The highest BCUT2D eigenvalue weighted by molar-refractivity contribution is 7.89. The molecule has 6 heteroatoms. The highest BCUT2D eigenvalue weighted by atomic mass is 32.2. The van der Waals surface area contributed by atoms with Gasteiger partial charge in [-0.15, -0.1) is 0 Å². The molecule has 0 aromatic heterocycles. The molecule has 1 aliphatic heterocycles. The average molecular weight is 311 g/mol. The maximum atomic E-state index is 12.4. The first kappa shape index (κ1) is 16.3. The molecule has 0 unspecified atom stereocenters. The van der Waals surface area contributed by atoms with Crippen LogP contribution in [0.3, 0.4) is 0 Å². The van der Waals surface area contributed by atoms with Gasteiger partial charge in [0.2, 0.25) is 10.0 Å². The minimum atomic E-state index is -3.48. The van der Waals surface area contributed by atoms with Crippen molar-refractivity contribution < 1.29 is 8.42 Å². The van der Waals surface area contributed by atoms with Crippen LogP contribution < -0.4 is 10.5 Å². The second-order valence-electron chi connectivity index (χ2n) is 5.76. The Morgan fingerprint density at radius 1 is 1.33 bits per heavy atom. The lowest BCUT2D eigenvalue weighted by Gasteiger charge is -2.31. The van der Waals surface area contributed by atoms with Crippen LogP contribution >= 0.6 is 0 Å². The lowest BCUT2D eigenvalue weighted by Crippen LogP contribution is -2.44. The molecule has 0 atom stereocenters. The van der Waals surface area contributed by atoms with Gasteiger partial charge in [-0.2, -0.15) is 0 Å². The van der Waals surface area contributed by atoms with Gasteiger partial charge in [0, 0.05) is 11.7 Å². The van der Waals surface area contributed by atoms with Gasteiger partial charge in [-0.05, 0) is 63.5 Å². The zero-order valence-corrected chi connectivity index (χ0v) is 13.6. The normalized spacial score (nSPS) is 18.0. The van der Waals surface area contributed by atoms with Gasteiger partial charge in [0.1, 0.15) is 0 Å². The molecule has 118 valence electrons. The Kier molecular flexibility index (Phi) is 5.24. The van der Waals surface area contributed by atoms with Gasteiger partial charge in [-0.25, -0.2) is 13.1 Å². The Morgan fingerprint density at radius 2 is 2.00 bits per heavy atom. The van der Waals surface area contributed by atoms with E-state index < -0.39 is 10.0 Å². The maximum Gasteiger partial charge on any atom is 0.240 e. The van der Waals surface area contributed by atoms with E-state index in [0.717, 1.165) is 44.5 Å². The third kappa shape index (κ3) is 4.18. The Balaban J connectivity index is 2.00. The molecular weight excluding hydrogens is 286 g/mol. The van der Waals surface area contributed by atoms with Crippen LogP contribution in [-0.2, 0) is 10.0 Å². The highest BCUT2D eigenvalue weighted by Gasteiger charge is 2.24. The Labute approximate surface area is 127 Å². The van der Waals surface area contributed by atoms with Crippen LogP contribution in [0.2, 0.25) is 0 Å². The molecule has 0 spiro atoms. The molecule has 0 bridgehead atoms. The van der Waals surface area contributed by atoms with Crippen LogP contribution in [0.4, 0.5) is 5.69 Å². The topological polar surface area (TPSA) is 75.4 Å². The summed E-state index contributed by atoms with van der Waals surface area (Å²) in [5, 5.41) is 0. The van der Waals surface area contributed by atoms with Crippen LogP contribution in [0.25, 0.3) is 0 Å². The predicted molar refractivity (Wildman–Crippen MR) is 85.7 cm³/mol. The summed E-state index contributed by atoms with van der Waals surface area (Å²) in [6.45, 7) is 7.03. The summed E-state index contributed by atoms with van der Waals surface area (Å²) >= 11 is 0. The van der Waals surface area contributed by atoms with E-state index in [1.54, 1.807) is 12.1 Å². The number of sulfonamides is 1. The first-order valence-electron chi connectivity index (χ1n) is 7.53. The minimum Gasteiger partial charge on any atom is -0.398 e. The number of benzene rings is 1. The lowest BCUT2D eigenvalue weighted by molar-refractivity contribution is 0.208. The number of aryl methyl sites for hydroxylation is 1. The van der Waals surface area contributed by atoms with Crippen molar-refractivity contribution in [1.29, 1.82) is 0 Å². The summed E-state index contributed by atoms with van der Waals surface area (Å²) in [4.78, 5) is 2.64. The molecule has 0 aliphatic carbocycles. The number of anilines is 1. The number of likely N-dealkylation sites (tertiary alicyclic amines) is 1. The molecular formula is C15H25N3O2S. The van der Waals surface area contributed by atoms with Gasteiger partial charge < -0.3 is 10.6 Å². The molecule has 1 saturated heterocycles. The molecule has 0 saturated carbocycles. The zero-order valence-electron chi connectivity index (χ0n) is 12.8. The van der Waals surface area contributed by atoms with Crippen molar-refractivity contribution in [2.45, 2.75) is 44.0 Å². The Hall–Kier alpha value is -1.11. The fourth-order valence-corrected chi connectivity index (χ4v) is 4.00. The van der Waals surface area contributed by atoms with Crippen molar-refractivity contribution >= 4 is 15.7 Å². The Bertz CT molecular complexity index is 579. The monoisotopic (exact) mass is 311 g/mol. The first-order chi connectivity index (χ1) is 9.92. The fourth-order valence-electron chi connectivity index (χ4n) is 2.66. The van der Waals surface area contributed by atoms with E-state index >= 15 is 0 Å². The predicted octanol–water partition coefficient (Wildman–Crippen LogP) is 1.73. The second kappa shape index (κ2) is 6.77. The SMILES string of the molecule is CCCN1CCC(NS(=O)(=O)c2ccc(C)c(N)c2)CC1. The highest BCUT2D eigenvalue weighted by Crippen LogP contribution is 2.19. The van der Waals surface area contributed by atoms with E-state index in [9.17, 15) is 8.42 Å². The molecule has 0 radical (unpaired) electrons. The minimum absolute atomic E-state index is 0.0191. The standard InChI is InChI=1S/C15H25N3O2S/c1-3-8-18-9-6-13(7-10-18)17-21(19,20)14-5-4-12(2)15(16)11-14/h4-5,11,13,17H,3,6-10,16H2,1-2H3. The van der Waals surface area contributed by atoms with Crippen molar-refractivity contribution in [2.24, 2.45) is 0 Å². The summed E-state index contributed by atoms with van der Waals surface area (Å²) in [6, 6.07) is 4.91. The number of nitrogens with one attached hydrogen (secondary N) is 1. The molecule has 1 heterocycles. The molecule has 1 aromatic carbocycles. The number of rotatable bonds is 5. The molecule has 21 heavy (non-hydrogen) atoms. The number of nitrogen functional groups attached to an aromatic ring is 1. The van der Waals surface area contributed by atoms with Crippen LogP contribution in [0.15, 0.2) is 23.1 Å². The maximum absolute atomic E-state index is 12.4. The lowest BCUT2D eigenvalue weighted by atomic mass is 10.1. The molecule has 3 N–H and O–H groups in total. The fraction of sp³-hybridized carbons (Fsp3) is 0.600. The van der Waals surface area contributed by atoms with Gasteiger partial charge in [0.05, 0.1) is 4.90 Å². The van der Waals surface area contributed by atoms with Gasteiger partial charge in [0.15, 0.2) is 0 Å². The largest absolute Gasteiger partial charge is 0.398 e. The van der Waals surface area contributed by atoms with Crippen LogP contribution in [-0.4, -0.2) is 39.0 Å². The smallest absolute Gasteiger partial charge is 0.240 e. The second-order valence-corrected chi connectivity index (χ2v) is 7.47. The molecule has 5 nitrogen and oxygen atoms in total. The summed E-state index contributed by atoms with van der Waals surface area (Å²) in [5.41, 5.74) is 7.20. The molecule has 2 rings (SSSR count). The van der Waals surface area contributed by atoms with E-state index in [4.69, 9.17) is 5.73 Å². The average Bonchev–Trinajstić information content (AvgIpc) is 2.44. The quantitative estimate of drug-likeness (QED) is 0.812. The van der Waals surface area contributed by atoms with Gasteiger partial charge in [-0.1, -0.05) is 13.0 Å². The van der Waals surface area contributed by atoms with E-state index in [2.05, 4.69) is 16.5 Å². The molecule has 0 amide bonds. The summed E-state index contributed by atoms with van der Waals surface area (Å²) in [6.07, 6.45) is 2.86. The van der Waals surface area contributed by atoms with Gasteiger partial charge >= 0.3 is 0 Å². The van der Waals surface area contributed by atoms with Crippen molar-refractivity contribution in [2.75, 3.05) is 25.4 Å². The third-order valence-corrected chi connectivity index (χ3v) is 5.53. The van der Waals surface area contributed by atoms with E-state index in [1.807, 2.05) is 6.92 Å². The summed E-state index contributed by atoms with van der Waals surface area (Å²) in [5.74, 6) is 0. The number of piperidine rings is 1. The van der Waals surface area contributed by atoms with E-state index in [-0.39, 0.29) is 10.9 Å². The van der Waals surface area contributed by atoms with Crippen molar-refractivity contribution in [3.63, 3.8) is 0 Å². The molecule has 1 aliphatic rings. The number of hydrogen-bond donors (Lipinski definition) is 2. The summed E-state index contributed by atoms with van der Waals surface area (Å²) in [7, 11) is -3.48. The number of nitrogens with zero attached hydrogens (tertiary/aromatic N) is 1. The first-order valence-corrected chi connectivity index (χ1v) is 9.01. The van der Waals surface area contributed by atoms with E-state index in [0.29, 0.717) is 5.69 Å². The van der Waals surface area contributed by atoms with Gasteiger partial charge in [-0.3, -0.25) is 0 Å². The zero-order chi connectivity index (χ0) is 15.5. The van der Waals surface area contributed by atoms with Crippen LogP contribution in [0.5, 0.6) is 0 Å². The number of nitrogens with two attached hydrogens (primary N) is 1. The van der Waals surface area contributed by atoms with Crippen molar-refractivity contribution in [3.05, 3.63) is 23.8 Å². The van der Waals surface area contributed by atoms with Crippen molar-refractivity contribution in [1.82, 2.24) is 9.62 Å². The van der Waals surface area contributed by atoms with Crippen molar-refractivity contribution in [3.8, 4) is 0 Å². The third-order valence-electron chi connectivity index (χ3n) is 4.01. The van der Waals surface area contributed by atoms with Crippen LogP contribution in [0, 0.1) is 6.92 Å². The summed E-state index contributed by atoms with van der Waals surface area (Å²) < 4.78 is 27.6. The van der Waals surface area contributed by atoms with Crippen LogP contribution in [0.1, 0.15) is 31.7 Å². The molecule has 1 aromatic rings. The van der Waals surface area contributed by atoms with Gasteiger partial charge in [0.25, 0.3) is 0 Å².